The van der Waals surface area contributed by atoms with Gasteiger partial charge < -0.3 is 19.9 Å². The van der Waals surface area contributed by atoms with Gasteiger partial charge in [0.25, 0.3) is 17.7 Å². The number of benzene rings is 2. The second-order valence-corrected chi connectivity index (χ2v) is 8.61. The lowest BCUT2D eigenvalue weighted by atomic mass is 10.1. The molecule has 2 aliphatic heterocycles. The first-order chi connectivity index (χ1) is 15.8. The van der Waals surface area contributed by atoms with Crippen LogP contribution in [0.4, 0.5) is 11.4 Å². The third-order valence-electron chi connectivity index (χ3n) is 6.01. The number of hydrogen-bond acceptors (Lipinski definition) is 5. The minimum atomic E-state index is -0.612. The van der Waals surface area contributed by atoms with Crippen LogP contribution in [0.5, 0.6) is 5.75 Å². The molecule has 2 aromatic carbocycles. The highest BCUT2D eigenvalue weighted by Crippen LogP contribution is 2.32. The van der Waals surface area contributed by atoms with Crippen LogP contribution in [0.15, 0.2) is 53.2 Å². The van der Waals surface area contributed by atoms with Gasteiger partial charge in [0.15, 0.2) is 0 Å². The van der Waals surface area contributed by atoms with E-state index in [1.54, 1.807) is 36.4 Å². The highest BCUT2D eigenvalue weighted by molar-refractivity contribution is 6.53. The molecule has 33 heavy (non-hydrogen) atoms. The van der Waals surface area contributed by atoms with Crippen LogP contribution in [0.1, 0.15) is 15.9 Å². The third kappa shape index (κ3) is 4.44. The Hall–Kier alpha value is -3.36. The molecule has 3 amide bonds. The normalized spacial score (nSPS) is 17.1. The summed E-state index contributed by atoms with van der Waals surface area (Å²) in [5.41, 5.74) is 2.25. The summed E-state index contributed by atoms with van der Waals surface area (Å²) >= 11 is 6.27. The van der Waals surface area contributed by atoms with Crippen molar-refractivity contribution in [2.24, 2.45) is 0 Å². The second-order valence-electron chi connectivity index (χ2n) is 8.24. The van der Waals surface area contributed by atoms with Crippen molar-refractivity contribution in [3.05, 3.63) is 64.3 Å². The van der Waals surface area contributed by atoms with Crippen molar-refractivity contribution < 1.29 is 24.0 Å². The molecular formula is C24H26ClN4O4+. The molecule has 0 aliphatic carbocycles. The molecule has 8 nitrogen and oxygen atoms in total. The van der Waals surface area contributed by atoms with E-state index in [2.05, 4.69) is 12.4 Å². The SMILES string of the molecule is COc1ccc(N2C(=O)C(Cl)=C(Nc3cc(C(=O)N4CC[NH+](C)CC4)ccc3C)C2=O)cc1. The molecule has 1 fully saturated rings. The van der Waals surface area contributed by atoms with Gasteiger partial charge in [0.05, 0.1) is 46.0 Å². The molecule has 2 N–H and O–H groups in total. The Labute approximate surface area is 197 Å². The molecule has 2 aliphatic rings. The number of likely N-dealkylation sites (N-methyl/N-ethyl adjacent to an activating group) is 1. The lowest BCUT2D eigenvalue weighted by molar-refractivity contribution is -0.883. The lowest BCUT2D eigenvalue weighted by Crippen LogP contribution is -3.12. The summed E-state index contributed by atoms with van der Waals surface area (Å²) in [7, 11) is 3.65. The number of hydrogen-bond donors (Lipinski definition) is 2. The number of carbonyl (C=O) groups excluding carboxylic acids is 3. The first-order valence-electron chi connectivity index (χ1n) is 10.7. The Kier molecular flexibility index (Phi) is 6.40. The van der Waals surface area contributed by atoms with Crippen molar-refractivity contribution in [3.63, 3.8) is 0 Å². The smallest absolute Gasteiger partial charge is 0.283 e. The van der Waals surface area contributed by atoms with E-state index in [0.717, 1.165) is 23.6 Å². The van der Waals surface area contributed by atoms with Gasteiger partial charge >= 0.3 is 0 Å². The molecular weight excluding hydrogens is 444 g/mol. The quantitative estimate of drug-likeness (QED) is 0.647. The molecule has 0 saturated carbocycles. The molecule has 172 valence electrons. The van der Waals surface area contributed by atoms with Crippen LogP contribution in [0.2, 0.25) is 0 Å². The molecule has 0 radical (unpaired) electrons. The second kappa shape index (κ2) is 9.25. The number of aryl methyl sites for hydroxylation is 1. The van der Waals surface area contributed by atoms with Crippen molar-refractivity contribution in [1.82, 2.24) is 4.90 Å². The summed E-state index contributed by atoms with van der Waals surface area (Å²) < 4.78 is 5.13. The van der Waals surface area contributed by atoms with Crippen LogP contribution in [0, 0.1) is 6.92 Å². The number of methoxy groups -OCH3 is 1. The van der Waals surface area contributed by atoms with Gasteiger partial charge in [-0.25, -0.2) is 4.90 Å². The van der Waals surface area contributed by atoms with Gasteiger partial charge in [-0.15, -0.1) is 0 Å². The number of nitrogens with zero attached hydrogens (tertiary/aromatic N) is 2. The van der Waals surface area contributed by atoms with Crippen molar-refractivity contribution in [2.45, 2.75) is 6.92 Å². The van der Waals surface area contributed by atoms with Crippen molar-refractivity contribution in [3.8, 4) is 5.75 Å². The van der Waals surface area contributed by atoms with Gasteiger partial charge in [0.1, 0.15) is 16.5 Å². The summed E-state index contributed by atoms with van der Waals surface area (Å²) in [6.07, 6.45) is 0. The van der Waals surface area contributed by atoms with Gasteiger partial charge in [0.2, 0.25) is 0 Å². The van der Waals surface area contributed by atoms with Gasteiger partial charge in [0, 0.05) is 11.3 Å². The largest absolute Gasteiger partial charge is 0.497 e. The summed E-state index contributed by atoms with van der Waals surface area (Å²) in [6, 6.07) is 11.8. The Bertz CT molecular complexity index is 1140. The van der Waals surface area contributed by atoms with E-state index in [9.17, 15) is 14.4 Å². The number of quaternary nitrogens is 1. The molecule has 1 saturated heterocycles. The van der Waals surface area contributed by atoms with Gasteiger partial charge in [-0.1, -0.05) is 17.7 Å². The van der Waals surface area contributed by atoms with Crippen molar-refractivity contribution >= 4 is 40.7 Å². The predicted molar refractivity (Wildman–Crippen MR) is 126 cm³/mol. The predicted octanol–water partition coefficient (Wildman–Crippen LogP) is 1.41. The minimum Gasteiger partial charge on any atom is -0.497 e. The number of halogens is 1. The highest BCUT2D eigenvalue weighted by atomic mass is 35.5. The molecule has 4 rings (SSSR count). The summed E-state index contributed by atoms with van der Waals surface area (Å²) in [4.78, 5) is 43.1. The zero-order valence-corrected chi connectivity index (χ0v) is 19.5. The topological polar surface area (TPSA) is 83.4 Å². The van der Waals surface area contributed by atoms with Crippen LogP contribution < -0.4 is 19.9 Å². The number of carbonyl (C=O) groups is 3. The summed E-state index contributed by atoms with van der Waals surface area (Å²) in [5, 5.41) is 2.80. The third-order valence-corrected chi connectivity index (χ3v) is 6.36. The van der Waals surface area contributed by atoms with Crippen LogP contribution in [-0.2, 0) is 9.59 Å². The Morgan fingerprint density at radius 1 is 1.06 bits per heavy atom. The van der Waals surface area contributed by atoms with Crippen LogP contribution >= 0.6 is 11.6 Å². The summed E-state index contributed by atoms with van der Waals surface area (Å²) in [6.45, 7) is 5.06. The van der Waals surface area contributed by atoms with E-state index in [-0.39, 0.29) is 16.6 Å². The first-order valence-corrected chi connectivity index (χ1v) is 11.1. The van der Waals surface area contributed by atoms with Crippen molar-refractivity contribution in [2.75, 3.05) is 50.6 Å². The zero-order valence-electron chi connectivity index (χ0n) is 18.8. The maximum atomic E-state index is 13.1. The van der Waals surface area contributed by atoms with Gasteiger partial charge in [-0.05, 0) is 48.9 Å². The minimum absolute atomic E-state index is 0.0200. The fraction of sp³-hybridized carbons (Fsp3) is 0.292. The standard InChI is InChI=1S/C24H25ClN4O4/c1-15-4-5-16(22(30)28-12-10-27(2)11-13-28)14-19(15)26-21-20(25)23(31)29(24(21)32)17-6-8-18(33-3)9-7-17/h4-9,14,26H,10-13H2,1-3H3/p+1. The van der Waals surface area contributed by atoms with Crippen LogP contribution in [0.25, 0.3) is 0 Å². The van der Waals surface area contributed by atoms with Crippen LogP contribution in [-0.4, -0.2) is 63.0 Å². The molecule has 0 spiro atoms. The van der Waals surface area contributed by atoms with Crippen molar-refractivity contribution in [1.29, 1.82) is 0 Å². The Morgan fingerprint density at radius 2 is 1.73 bits per heavy atom. The highest BCUT2D eigenvalue weighted by Gasteiger charge is 2.39. The first kappa shape index (κ1) is 22.8. The Balaban J connectivity index is 1.56. The van der Waals surface area contributed by atoms with E-state index >= 15 is 0 Å². The molecule has 0 unspecified atom stereocenters. The zero-order chi connectivity index (χ0) is 23.7. The number of nitrogens with one attached hydrogen (secondary N) is 2. The maximum absolute atomic E-state index is 13.1. The van der Waals surface area contributed by atoms with E-state index in [1.165, 1.54) is 12.0 Å². The fourth-order valence-corrected chi connectivity index (χ4v) is 4.09. The molecule has 2 heterocycles. The number of rotatable bonds is 5. The van der Waals surface area contributed by atoms with Gasteiger partial charge in [-0.2, -0.15) is 0 Å². The average Bonchev–Trinajstić information content (AvgIpc) is 3.03. The number of ether oxygens (including phenoxy) is 1. The number of piperazine rings is 1. The average molecular weight is 470 g/mol. The molecule has 0 atom stereocenters. The van der Waals surface area contributed by atoms with Gasteiger partial charge in [-0.3, -0.25) is 14.4 Å². The molecule has 0 aromatic heterocycles. The fourth-order valence-electron chi connectivity index (χ4n) is 3.88. The van der Waals surface area contributed by atoms with E-state index in [1.807, 2.05) is 17.9 Å². The molecule has 9 heteroatoms. The number of anilines is 2. The lowest BCUT2D eigenvalue weighted by Gasteiger charge is -2.30. The van der Waals surface area contributed by atoms with E-state index in [4.69, 9.17) is 16.3 Å². The monoisotopic (exact) mass is 469 g/mol. The van der Waals surface area contributed by atoms with E-state index in [0.29, 0.717) is 35.8 Å². The molecule has 2 aromatic rings. The Morgan fingerprint density at radius 3 is 2.36 bits per heavy atom. The maximum Gasteiger partial charge on any atom is 0.283 e. The summed E-state index contributed by atoms with van der Waals surface area (Å²) in [5.74, 6) is -0.624. The number of imide groups is 1. The number of amides is 3. The van der Waals surface area contributed by atoms with Crippen LogP contribution in [0.3, 0.4) is 0 Å². The van der Waals surface area contributed by atoms with E-state index < -0.39 is 11.8 Å². The molecule has 0 bridgehead atoms.